The van der Waals surface area contributed by atoms with E-state index in [4.69, 9.17) is 0 Å². The Kier molecular flexibility index (Phi) is 9.54. The van der Waals surface area contributed by atoms with Crippen molar-refractivity contribution in [2.45, 2.75) is 77.7 Å². The molecule has 0 radical (unpaired) electrons. The fraction of sp³-hybridized carbons (Fsp3) is 1.00. The van der Waals surface area contributed by atoms with Crippen LogP contribution in [-0.2, 0) is 0 Å². The molecule has 1 N–H and O–H groups in total. The van der Waals surface area contributed by atoms with Crippen LogP contribution in [0.25, 0.3) is 0 Å². The van der Waals surface area contributed by atoms with Crippen molar-refractivity contribution in [3.05, 3.63) is 0 Å². The van der Waals surface area contributed by atoms with Gasteiger partial charge in [0.1, 0.15) is 0 Å². The average molecular weight is 268 g/mol. The van der Waals surface area contributed by atoms with Crippen LogP contribution in [0.1, 0.15) is 71.6 Å². The molecule has 0 aromatic carbocycles. The number of nitrogens with one attached hydrogen (secondary N) is 1. The van der Waals surface area contributed by atoms with Gasteiger partial charge in [0.25, 0.3) is 0 Å². The van der Waals surface area contributed by atoms with Gasteiger partial charge in [-0.05, 0) is 51.7 Å². The predicted octanol–water partition coefficient (Wildman–Crippen LogP) is 4.06. The molecule has 2 unspecified atom stereocenters. The number of nitrogens with zero attached hydrogens (tertiary/aromatic N) is 1. The van der Waals surface area contributed by atoms with E-state index in [0.717, 1.165) is 12.0 Å². The summed E-state index contributed by atoms with van der Waals surface area (Å²) in [6.07, 6.45) is 12.5. The lowest BCUT2D eigenvalue weighted by Gasteiger charge is -2.30. The van der Waals surface area contributed by atoms with Gasteiger partial charge in [0.05, 0.1) is 0 Å². The highest BCUT2D eigenvalue weighted by molar-refractivity contribution is 4.81. The molecule has 0 spiro atoms. The highest BCUT2D eigenvalue weighted by atomic mass is 15.1. The van der Waals surface area contributed by atoms with Crippen LogP contribution in [0.4, 0.5) is 0 Å². The Morgan fingerprint density at radius 2 is 1.79 bits per heavy atom. The van der Waals surface area contributed by atoms with Gasteiger partial charge in [-0.25, -0.2) is 0 Å². The third-order valence-corrected chi connectivity index (χ3v) is 4.51. The zero-order valence-corrected chi connectivity index (χ0v) is 13.6. The Labute approximate surface area is 121 Å². The Bertz CT molecular complexity index is 205. The normalized spacial score (nSPS) is 24.6. The molecule has 1 fully saturated rings. The summed E-state index contributed by atoms with van der Waals surface area (Å²) in [7, 11) is 2.32. The molecule has 0 saturated heterocycles. The van der Waals surface area contributed by atoms with Gasteiger partial charge >= 0.3 is 0 Å². The summed E-state index contributed by atoms with van der Waals surface area (Å²) in [4.78, 5) is 2.58. The summed E-state index contributed by atoms with van der Waals surface area (Å²) in [6, 6.07) is 0.774. The lowest BCUT2D eigenvalue weighted by Crippen LogP contribution is -2.41. The third-order valence-electron chi connectivity index (χ3n) is 4.51. The van der Waals surface area contributed by atoms with Crippen LogP contribution in [-0.4, -0.2) is 37.6 Å². The molecule has 0 aromatic rings. The van der Waals surface area contributed by atoms with E-state index >= 15 is 0 Å². The topological polar surface area (TPSA) is 15.3 Å². The van der Waals surface area contributed by atoms with Crippen molar-refractivity contribution < 1.29 is 0 Å². The molecule has 1 rings (SSSR count). The molecule has 0 aliphatic heterocycles. The zero-order valence-electron chi connectivity index (χ0n) is 13.6. The minimum atomic E-state index is 0.774. The summed E-state index contributed by atoms with van der Waals surface area (Å²) in [6.45, 7) is 8.34. The summed E-state index contributed by atoms with van der Waals surface area (Å²) in [5.74, 6) is 0.876. The van der Waals surface area contributed by atoms with Gasteiger partial charge in [0, 0.05) is 12.6 Å². The van der Waals surface area contributed by atoms with Crippen molar-refractivity contribution in [3.63, 3.8) is 0 Å². The molecule has 19 heavy (non-hydrogen) atoms. The van der Waals surface area contributed by atoms with Gasteiger partial charge in [0.15, 0.2) is 0 Å². The molecule has 2 heteroatoms. The van der Waals surface area contributed by atoms with Crippen LogP contribution < -0.4 is 5.32 Å². The van der Waals surface area contributed by atoms with E-state index in [1.165, 1.54) is 77.4 Å². The van der Waals surface area contributed by atoms with E-state index in [-0.39, 0.29) is 0 Å². The molecule has 0 heterocycles. The first-order chi connectivity index (χ1) is 9.27. The third kappa shape index (κ3) is 7.31. The molecule has 2 atom stereocenters. The average Bonchev–Trinajstić information content (AvgIpc) is 2.62. The van der Waals surface area contributed by atoms with Gasteiger partial charge in [-0.15, -0.1) is 0 Å². The van der Waals surface area contributed by atoms with Crippen LogP contribution in [0.5, 0.6) is 0 Å². The van der Waals surface area contributed by atoms with E-state index in [2.05, 4.69) is 31.1 Å². The van der Waals surface area contributed by atoms with E-state index in [1.807, 2.05) is 0 Å². The number of unbranched alkanes of at least 4 members (excludes halogenated alkanes) is 2. The highest BCUT2D eigenvalue weighted by Crippen LogP contribution is 2.24. The predicted molar refractivity (Wildman–Crippen MR) is 85.7 cm³/mol. The molecule has 114 valence electrons. The fourth-order valence-corrected chi connectivity index (χ4v) is 3.32. The molecule has 1 aliphatic rings. The van der Waals surface area contributed by atoms with Gasteiger partial charge in [-0.3, -0.25) is 0 Å². The Balaban J connectivity index is 2.35. The van der Waals surface area contributed by atoms with Crippen molar-refractivity contribution >= 4 is 0 Å². The van der Waals surface area contributed by atoms with Gasteiger partial charge in [0.2, 0.25) is 0 Å². The zero-order chi connectivity index (χ0) is 13.9. The second kappa shape index (κ2) is 10.7. The van der Waals surface area contributed by atoms with Crippen LogP contribution in [0.15, 0.2) is 0 Å². The van der Waals surface area contributed by atoms with Crippen molar-refractivity contribution in [1.82, 2.24) is 10.2 Å². The van der Waals surface area contributed by atoms with E-state index in [0.29, 0.717) is 0 Å². The van der Waals surface area contributed by atoms with Crippen molar-refractivity contribution in [2.75, 3.05) is 26.7 Å². The number of hydrogen-bond donors (Lipinski definition) is 1. The van der Waals surface area contributed by atoms with Crippen LogP contribution >= 0.6 is 0 Å². The summed E-state index contributed by atoms with van der Waals surface area (Å²) in [5, 5.41) is 3.81. The minimum Gasteiger partial charge on any atom is -0.314 e. The molecule has 0 aromatic heterocycles. The first kappa shape index (κ1) is 17.0. The van der Waals surface area contributed by atoms with Crippen molar-refractivity contribution in [2.24, 2.45) is 5.92 Å². The van der Waals surface area contributed by atoms with E-state index in [9.17, 15) is 0 Å². The SMILES string of the molecule is CCCCCN(C)CC1CCCCCC1NCCC. The van der Waals surface area contributed by atoms with Crippen LogP contribution in [0.2, 0.25) is 0 Å². The first-order valence-corrected chi connectivity index (χ1v) is 8.69. The second-order valence-corrected chi connectivity index (χ2v) is 6.43. The molecular formula is C17H36N2. The van der Waals surface area contributed by atoms with Gasteiger partial charge < -0.3 is 10.2 Å². The monoisotopic (exact) mass is 268 g/mol. The number of hydrogen-bond acceptors (Lipinski definition) is 2. The Hall–Kier alpha value is -0.0800. The van der Waals surface area contributed by atoms with Crippen LogP contribution in [0, 0.1) is 5.92 Å². The van der Waals surface area contributed by atoms with E-state index in [1.54, 1.807) is 0 Å². The standard InChI is InChI=1S/C17H36N2/c1-4-6-10-14-19(3)15-16-11-8-7-9-12-17(16)18-13-5-2/h16-18H,4-15H2,1-3H3. The number of rotatable bonds is 9. The van der Waals surface area contributed by atoms with Crippen LogP contribution in [0.3, 0.4) is 0 Å². The summed E-state index contributed by atoms with van der Waals surface area (Å²) < 4.78 is 0. The Morgan fingerprint density at radius 1 is 1.00 bits per heavy atom. The maximum Gasteiger partial charge on any atom is 0.0107 e. The summed E-state index contributed by atoms with van der Waals surface area (Å²) >= 11 is 0. The van der Waals surface area contributed by atoms with Gasteiger partial charge in [-0.1, -0.05) is 46.0 Å². The Morgan fingerprint density at radius 3 is 2.53 bits per heavy atom. The first-order valence-electron chi connectivity index (χ1n) is 8.69. The largest absolute Gasteiger partial charge is 0.314 e. The second-order valence-electron chi connectivity index (χ2n) is 6.43. The highest BCUT2D eigenvalue weighted by Gasteiger charge is 2.23. The quantitative estimate of drug-likeness (QED) is 0.501. The molecular weight excluding hydrogens is 232 g/mol. The molecule has 1 aliphatic carbocycles. The molecule has 1 saturated carbocycles. The summed E-state index contributed by atoms with van der Waals surface area (Å²) in [5.41, 5.74) is 0. The van der Waals surface area contributed by atoms with Crippen molar-refractivity contribution in [1.29, 1.82) is 0 Å². The molecule has 0 bridgehead atoms. The van der Waals surface area contributed by atoms with Crippen molar-refractivity contribution in [3.8, 4) is 0 Å². The fourth-order valence-electron chi connectivity index (χ4n) is 3.32. The molecule has 2 nitrogen and oxygen atoms in total. The maximum atomic E-state index is 3.81. The van der Waals surface area contributed by atoms with E-state index < -0.39 is 0 Å². The van der Waals surface area contributed by atoms with Gasteiger partial charge in [-0.2, -0.15) is 0 Å². The smallest absolute Gasteiger partial charge is 0.0107 e. The lowest BCUT2D eigenvalue weighted by molar-refractivity contribution is 0.221. The maximum absolute atomic E-state index is 3.81. The minimum absolute atomic E-state index is 0.774. The molecule has 0 amide bonds. The lowest BCUT2D eigenvalue weighted by atomic mass is 9.94.